The molecule has 0 saturated heterocycles. The second-order valence-electron chi connectivity index (χ2n) is 6.19. The van der Waals surface area contributed by atoms with Crippen molar-refractivity contribution in [2.45, 2.75) is 17.7 Å². The van der Waals surface area contributed by atoms with Crippen LogP contribution in [0.5, 0.6) is 0 Å². The first-order valence-electron chi connectivity index (χ1n) is 8.75. The van der Waals surface area contributed by atoms with Gasteiger partial charge in [-0.1, -0.05) is 6.07 Å². The maximum atomic E-state index is 13.0. The van der Waals surface area contributed by atoms with E-state index in [-0.39, 0.29) is 23.8 Å². The van der Waals surface area contributed by atoms with Crippen molar-refractivity contribution in [1.29, 1.82) is 0 Å². The molecule has 0 aliphatic rings. The Morgan fingerprint density at radius 2 is 1.93 bits per heavy atom. The molecule has 3 aromatic rings. The smallest absolute Gasteiger partial charge is 0.242 e. The third-order valence-electron chi connectivity index (χ3n) is 4.08. The zero-order chi connectivity index (χ0) is 20.9. The van der Waals surface area contributed by atoms with Crippen molar-refractivity contribution in [3.8, 4) is 11.4 Å². The van der Waals surface area contributed by atoms with Crippen molar-refractivity contribution in [2.24, 2.45) is 0 Å². The summed E-state index contributed by atoms with van der Waals surface area (Å²) >= 11 is 1.30. The number of sulfonamides is 1. The average Bonchev–Trinajstić information content (AvgIpc) is 3.17. The molecule has 2 aromatic heterocycles. The second kappa shape index (κ2) is 9.21. The van der Waals surface area contributed by atoms with Crippen LogP contribution in [0.4, 0.5) is 9.52 Å². The molecule has 0 unspecified atom stereocenters. The number of carbonyl (C=O) groups is 1. The highest BCUT2D eigenvalue weighted by Gasteiger charge is 2.20. The van der Waals surface area contributed by atoms with Crippen LogP contribution in [0.25, 0.3) is 11.4 Å². The largest absolute Gasteiger partial charge is 0.302 e. The molecule has 0 bridgehead atoms. The predicted octanol–water partition coefficient (Wildman–Crippen LogP) is 3.38. The van der Waals surface area contributed by atoms with Crippen LogP contribution in [0.3, 0.4) is 0 Å². The van der Waals surface area contributed by atoms with E-state index in [0.29, 0.717) is 17.2 Å². The molecule has 1 N–H and O–H groups in total. The molecule has 0 aliphatic carbocycles. The van der Waals surface area contributed by atoms with Crippen molar-refractivity contribution < 1.29 is 17.6 Å². The fourth-order valence-electron chi connectivity index (χ4n) is 2.51. The van der Waals surface area contributed by atoms with Crippen molar-refractivity contribution in [1.82, 2.24) is 14.3 Å². The van der Waals surface area contributed by atoms with Gasteiger partial charge in [0.05, 0.1) is 10.6 Å². The number of hydrogen-bond donors (Lipinski definition) is 1. The number of rotatable bonds is 8. The first kappa shape index (κ1) is 21.0. The lowest BCUT2D eigenvalue weighted by Gasteiger charge is -2.16. The van der Waals surface area contributed by atoms with Gasteiger partial charge in [-0.2, -0.15) is 0 Å². The molecule has 0 saturated carbocycles. The Morgan fingerprint density at radius 3 is 2.62 bits per heavy atom. The molecule has 152 valence electrons. The van der Waals surface area contributed by atoms with Crippen LogP contribution in [0.1, 0.15) is 12.8 Å². The minimum absolute atomic E-state index is 0.00990. The minimum atomic E-state index is -3.72. The highest BCUT2D eigenvalue weighted by Crippen LogP contribution is 2.23. The number of nitrogens with one attached hydrogen (secondary N) is 1. The predicted molar refractivity (Wildman–Crippen MR) is 109 cm³/mol. The van der Waals surface area contributed by atoms with Gasteiger partial charge in [-0.3, -0.25) is 9.78 Å². The number of aromatic nitrogens is 2. The lowest BCUT2D eigenvalue weighted by Crippen LogP contribution is -2.28. The third kappa shape index (κ3) is 5.43. The van der Waals surface area contributed by atoms with Gasteiger partial charge >= 0.3 is 0 Å². The van der Waals surface area contributed by atoms with Crippen LogP contribution in [-0.2, 0) is 14.8 Å². The van der Waals surface area contributed by atoms with Crippen molar-refractivity contribution in [3.05, 3.63) is 59.9 Å². The van der Waals surface area contributed by atoms with E-state index in [0.717, 1.165) is 22.1 Å². The SMILES string of the molecule is CN(CCCC(=O)Nc1nc(-c2ccccn2)cs1)S(=O)(=O)c1ccc(F)cc1. The van der Waals surface area contributed by atoms with Gasteiger partial charge in [-0.05, 0) is 42.8 Å². The minimum Gasteiger partial charge on any atom is -0.302 e. The van der Waals surface area contributed by atoms with Gasteiger partial charge in [0.15, 0.2) is 5.13 Å². The fraction of sp³-hybridized carbons (Fsp3) is 0.211. The molecule has 2 heterocycles. The number of carbonyl (C=O) groups excluding carboxylic acids is 1. The first-order chi connectivity index (χ1) is 13.9. The lowest BCUT2D eigenvalue weighted by atomic mass is 10.3. The molecular weight excluding hydrogens is 415 g/mol. The van der Waals surface area contributed by atoms with Crippen LogP contribution < -0.4 is 5.32 Å². The number of nitrogens with zero attached hydrogens (tertiary/aromatic N) is 3. The van der Waals surface area contributed by atoms with Gasteiger partial charge in [-0.15, -0.1) is 11.3 Å². The number of hydrogen-bond acceptors (Lipinski definition) is 6. The number of benzene rings is 1. The maximum Gasteiger partial charge on any atom is 0.242 e. The fourth-order valence-corrected chi connectivity index (χ4v) is 4.44. The van der Waals surface area contributed by atoms with Gasteiger partial charge in [-0.25, -0.2) is 22.1 Å². The molecule has 0 atom stereocenters. The monoisotopic (exact) mass is 434 g/mol. The van der Waals surface area contributed by atoms with Crippen molar-refractivity contribution in [3.63, 3.8) is 0 Å². The van der Waals surface area contributed by atoms with E-state index < -0.39 is 15.8 Å². The number of anilines is 1. The van der Waals surface area contributed by atoms with E-state index in [4.69, 9.17) is 0 Å². The zero-order valence-electron chi connectivity index (χ0n) is 15.6. The average molecular weight is 435 g/mol. The summed E-state index contributed by atoms with van der Waals surface area (Å²) in [7, 11) is -2.30. The summed E-state index contributed by atoms with van der Waals surface area (Å²) in [6.45, 7) is 0.157. The molecule has 1 amide bonds. The van der Waals surface area contributed by atoms with Crippen LogP contribution in [-0.4, -0.2) is 42.2 Å². The first-order valence-corrected chi connectivity index (χ1v) is 11.1. The highest BCUT2D eigenvalue weighted by atomic mass is 32.2. The molecule has 0 aliphatic heterocycles. The molecule has 7 nitrogen and oxygen atoms in total. The number of amides is 1. The highest BCUT2D eigenvalue weighted by molar-refractivity contribution is 7.89. The number of thiazole rings is 1. The van der Waals surface area contributed by atoms with E-state index in [9.17, 15) is 17.6 Å². The lowest BCUT2D eigenvalue weighted by molar-refractivity contribution is -0.116. The van der Waals surface area contributed by atoms with E-state index in [1.54, 1.807) is 11.6 Å². The number of pyridine rings is 1. The van der Waals surface area contributed by atoms with E-state index in [1.165, 1.54) is 30.5 Å². The van der Waals surface area contributed by atoms with E-state index in [2.05, 4.69) is 15.3 Å². The van der Waals surface area contributed by atoms with E-state index in [1.807, 2.05) is 18.2 Å². The topological polar surface area (TPSA) is 92.3 Å². The molecule has 0 spiro atoms. The van der Waals surface area contributed by atoms with E-state index >= 15 is 0 Å². The Balaban J connectivity index is 1.50. The number of halogens is 1. The van der Waals surface area contributed by atoms with Crippen LogP contribution in [0, 0.1) is 5.82 Å². The molecule has 1 aromatic carbocycles. The Bertz CT molecular complexity index is 1070. The Hall–Kier alpha value is -2.69. The van der Waals surface area contributed by atoms with Gasteiger partial charge in [0.1, 0.15) is 11.5 Å². The summed E-state index contributed by atoms with van der Waals surface area (Å²) < 4.78 is 39.0. The summed E-state index contributed by atoms with van der Waals surface area (Å²) in [5.74, 6) is -0.754. The summed E-state index contributed by atoms with van der Waals surface area (Å²) in [5, 5.41) is 4.98. The Morgan fingerprint density at radius 1 is 1.17 bits per heavy atom. The van der Waals surface area contributed by atoms with Gasteiger partial charge in [0, 0.05) is 31.6 Å². The quantitative estimate of drug-likeness (QED) is 0.587. The van der Waals surface area contributed by atoms with Crippen molar-refractivity contribution >= 4 is 32.4 Å². The second-order valence-corrected chi connectivity index (χ2v) is 9.09. The molecule has 3 rings (SSSR count). The Labute approximate surface area is 172 Å². The zero-order valence-corrected chi connectivity index (χ0v) is 17.2. The summed E-state index contributed by atoms with van der Waals surface area (Å²) in [4.78, 5) is 20.7. The summed E-state index contributed by atoms with van der Waals surface area (Å²) in [6, 6.07) is 10.1. The normalized spacial score (nSPS) is 11.6. The van der Waals surface area contributed by atoms with Crippen LogP contribution >= 0.6 is 11.3 Å². The molecule has 10 heteroatoms. The Kier molecular flexibility index (Phi) is 6.68. The third-order valence-corrected chi connectivity index (χ3v) is 6.71. The molecule has 0 fully saturated rings. The maximum absolute atomic E-state index is 13.0. The van der Waals surface area contributed by atoms with Gasteiger partial charge in [0.25, 0.3) is 0 Å². The van der Waals surface area contributed by atoms with Gasteiger partial charge < -0.3 is 5.32 Å². The van der Waals surface area contributed by atoms with Crippen LogP contribution in [0.2, 0.25) is 0 Å². The van der Waals surface area contributed by atoms with Gasteiger partial charge in [0.2, 0.25) is 15.9 Å². The summed E-state index contributed by atoms with van der Waals surface area (Å²) in [5.41, 5.74) is 1.40. The summed E-state index contributed by atoms with van der Waals surface area (Å²) in [6.07, 6.45) is 2.15. The molecule has 0 radical (unpaired) electrons. The standard InChI is InChI=1S/C19H19FN4O3S2/c1-24(29(26,27)15-9-7-14(20)8-10-15)12-4-6-18(25)23-19-22-17(13-28-19)16-5-2-3-11-21-16/h2-3,5,7-11,13H,4,6,12H2,1H3,(H,22,23,25). The molecular formula is C19H19FN4O3S2. The van der Waals surface area contributed by atoms with Crippen molar-refractivity contribution in [2.75, 3.05) is 18.9 Å². The van der Waals surface area contributed by atoms with Crippen LogP contribution in [0.15, 0.2) is 58.9 Å². The molecule has 29 heavy (non-hydrogen) atoms.